The maximum atomic E-state index is 12.1. The van der Waals surface area contributed by atoms with Crippen LogP contribution in [0.5, 0.6) is 5.75 Å². The van der Waals surface area contributed by atoms with Gasteiger partial charge in [-0.05, 0) is 29.8 Å². The van der Waals surface area contributed by atoms with E-state index in [-0.39, 0.29) is 17.1 Å². The first-order chi connectivity index (χ1) is 9.90. The van der Waals surface area contributed by atoms with Gasteiger partial charge in [-0.15, -0.1) is 0 Å². The van der Waals surface area contributed by atoms with Crippen molar-refractivity contribution in [1.29, 1.82) is 0 Å². The van der Waals surface area contributed by atoms with E-state index < -0.39 is 10.0 Å². The van der Waals surface area contributed by atoms with Crippen LogP contribution in [0.3, 0.4) is 0 Å². The first-order valence-corrected chi connectivity index (χ1v) is 7.74. The number of methoxy groups -OCH3 is 1. The molecular formula is C15H15NO4S. The Balaban J connectivity index is 2.12. The summed E-state index contributed by atoms with van der Waals surface area (Å²) in [5, 5.41) is 5.01. The van der Waals surface area contributed by atoms with Crippen LogP contribution in [0.2, 0.25) is 0 Å². The lowest BCUT2D eigenvalue weighted by molar-refractivity contribution is 0.0993. The predicted octanol–water partition coefficient (Wildman–Crippen LogP) is 1.77. The van der Waals surface area contributed by atoms with Gasteiger partial charge in [-0.1, -0.05) is 24.3 Å². The van der Waals surface area contributed by atoms with Crippen LogP contribution < -0.4 is 9.88 Å². The number of sulfonamides is 1. The first-order valence-electron chi connectivity index (χ1n) is 6.19. The summed E-state index contributed by atoms with van der Waals surface area (Å²) in [5.41, 5.74) is 1.30. The lowest BCUT2D eigenvalue weighted by atomic mass is 10.0. The molecule has 5 nitrogen and oxygen atoms in total. The number of primary sulfonamides is 1. The van der Waals surface area contributed by atoms with E-state index in [2.05, 4.69) is 0 Å². The van der Waals surface area contributed by atoms with Crippen molar-refractivity contribution in [2.24, 2.45) is 5.14 Å². The van der Waals surface area contributed by atoms with Crippen LogP contribution in [0.25, 0.3) is 0 Å². The monoisotopic (exact) mass is 305 g/mol. The molecular weight excluding hydrogens is 290 g/mol. The molecule has 0 unspecified atom stereocenters. The number of rotatable bonds is 5. The van der Waals surface area contributed by atoms with Gasteiger partial charge in [0.1, 0.15) is 5.75 Å². The van der Waals surface area contributed by atoms with Crippen LogP contribution in [0.4, 0.5) is 0 Å². The summed E-state index contributed by atoms with van der Waals surface area (Å²) in [6, 6.07) is 12.8. The number of ketones is 1. The van der Waals surface area contributed by atoms with Crippen molar-refractivity contribution in [3.63, 3.8) is 0 Å². The highest BCUT2D eigenvalue weighted by Gasteiger charge is 2.11. The zero-order valence-electron chi connectivity index (χ0n) is 11.4. The van der Waals surface area contributed by atoms with Crippen LogP contribution in [0.1, 0.15) is 15.9 Å². The van der Waals surface area contributed by atoms with Crippen LogP contribution >= 0.6 is 0 Å². The van der Waals surface area contributed by atoms with Crippen molar-refractivity contribution in [3.05, 3.63) is 59.7 Å². The number of ether oxygens (including phenoxy) is 1. The maximum Gasteiger partial charge on any atom is 0.238 e. The number of benzene rings is 2. The average Bonchev–Trinajstić information content (AvgIpc) is 2.47. The molecule has 2 rings (SSSR count). The lowest BCUT2D eigenvalue weighted by Crippen LogP contribution is -2.12. The zero-order valence-corrected chi connectivity index (χ0v) is 12.3. The Morgan fingerprint density at radius 2 is 1.62 bits per heavy atom. The van der Waals surface area contributed by atoms with E-state index in [1.54, 1.807) is 19.2 Å². The Bertz CT molecular complexity index is 734. The summed E-state index contributed by atoms with van der Waals surface area (Å²) in [4.78, 5) is 12.1. The summed E-state index contributed by atoms with van der Waals surface area (Å²) in [6.45, 7) is 0. The van der Waals surface area contributed by atoms with Crippen LogP contribution in [-0.4, -0.2) is 21.3 Å². The second-order valence-corrected chi connectivity index (χ2v) is 6.08. The molecule has 0 aromatic heterocycles. The van der Waals surface area contributed by atoms with Crippen LogP contribution in [-0.2, 0) is 16.4 Å². The largest absolute Gasteiger partial charge is 0.497 e. The van der Waals surface area contributed by atoms with Crippen molar-refractivity contribution >= 4 is 15.8 Å². The zero-order chi connectivity index (χ0) is 15.5. The number of nitrogens with two attached hydrogens (primary N) is 1. The van der Waals surface area contributed by atoms with Crippen molar-refractivity contribution in [3.8, 4) is 5.75 Å². The Labute approximate surface area is 123 Å². The molecule has 0 aliphatic rings. The molecule has 0 heterocycles. The molecule has 0 spiro atoms. The van der Waals surface area contributed by atoms with Gasteiger partial charge in [0.05, 0.1) is 12.0 Å². The molecule has 110 valence electrons. The van der Waals surface area contributed by atoms with Crippen molar-refractivity contribution in [2.45, 2.75) is 11.3 Å². The molecule has 0 aliphatic heterocycles. The molecule has 0 bridgehead atoms. The molecule has 0 amide bonds. The fraction of sp³-hybridized carbons (Fsp3) is 0.133. The number of hydrogen-bond donors (Lipinski definition) is 1. The molecule has 0 saturated heterocycles. The lowest BCUT2D eigenvalue weighted by Gasteiger charge is -2.04. The first kappa shape index (κ1) is 15.2. The van der Waals surface area contributed by atoms with E-state index in [9.17, 15) is 13.2 Å². The molecule has 0 atom stereocenters. The topological polar surface area (TPSA) is 86.5 Å². The van der Waals surface area contributed by atoms with Crippen molar-refractivity contribution < 1.29 is 17.9 Å². The molecule has 2 aromatic carbocycles. The highest BCUT2D eigenvalue weighted by atomic mass is 32.2. The van der Waals surface area contributed by atoms with Crippen LogP contribution in [0.15, 0.2) is 53.4 Å². The molecule has 0 aliphatic carbocycles. The van der Waals surface area contributed by atoms with Gasteiger partial charge in [0, 0.05) is 12.0 Å². The highest BCUT2D eigenvalue weighted by Crippen LogP contribution is 2.15. The Kier molecular flexibility index (Phi) is 4.40. The normalized spacial score (nSPS) is 11.1. The molecule has 0 fully saturated rings. The number of carbonyl (C=O) groups is 1. The number of hydrogen-bond acceptors (Lipinski definition) is 4. The highest BCUT2D eigenvalue weighted by molar-refractivity contribution is 7.89. The molecule has 2 aromatic rings. The van der Waals surface area contributed by atoms with Crippen LogP contribution in [0, 0.1) is 0 Å². The summed E-state index contributed by atoms with van der Waals surface area (Å²) >= 11 is 0. The van der Waals surface area contributed by atoms with Gasteiger partial charge < -0.3 is 4.74 Å². The molecule has 2 N–H and O–H groups in total. The minimum absolute atomic E-state index is 0.0107. The van der Waals surface area contributed by atoms with Gasteiger partial charge in [-0.3, -0.25) is 4.79 Å². The summed E-state index contributed by atoms with van der Waals surface area (Å²) in [5.74, 6) is 0.629. The van der Waals surface area contributed by atoms with E-state index in [1.165, 1.54) is 24.3 Å². The van der Waals surface area contributed by atoms with Crippen molar-refractivity contribution in [1.82, 2.24) is 0 Å². The van der Waals surface area contributed by atoms with E-state index >= 15 is 0 Å². The van der Waals surface area contributed by atoms with Gasteiger partial charge >= 0.3 is 0 Å². The van der Waals surface area contributed by atoms with E-state index in [0.717, 1.165) is 11.3 Å². The summed E-state index contributed by atoms with van der Waals surface area (Å²) in [6.07, 6.45) is 0.235. The van der Waals surface area contributed by atoms with Crippen molar-refractivity contribution in [2.75, 3.05) is 7.11 Å². The Hall–Kier alpha value is -2.18. The quantitative estimate of drug-likeness (QED) is 0.853. The van der Waals surface area contributed by atoms with E-state index in [0.29, 0.717) is 5.56 Å². The third-order valence-electron chi connectivity index (χ3n) is 3.03. The maximum absolute atomic E-state index is 12.1. The Morgan fingerprint density at radius 3 is 2.10 bits per heavy atom. The molecule has 21 heavy (non-hydrogen) atoms. The third-order valence-corrected chi connectivity index (χ3v) is 3.96. The smallest absolute Gasteiger partial charge is 0.238 e. The SMILES string of the molecule is COc1ccc(CC(=O)c2ccc(S(N)(=O)=O)cc2)cc1. The second kappa shape index (κ2) is 6.07. The number of Topliss-reactive ketones (excluding diaryl/α,β-unsaturated/α-hetero) is 1. The fourth-order valence-corrected chi connectivity index (χ4v) is 2.38. The van der Waals surface area contributed by atoms with Gasteiger partial charge in [-0.25, -0.2) is 13.6 Å². The predicted molar refractivity (Wildman–Crippen MR) is 78.8 cm³/mol. The van der Waals surface area contributed by atoms with E-state index in [4.69, 9.17) is 9.88 Å². The standard InChI is InChI=1S/C15H15NO4S/c1-20-13-6-2-11(3-7-13)10-15(17)12-4-8-14(9-5-12)21(16,18)19/h2-9H,10H2,1H3,(H2,16,18,19). The number of carbonyl (C=O) groups excluding carboxylic acids is 1. The minimum Gasteiger partial charge on any atom is -0.497 e. The molecule has 6 heteroatoms. The average molecular weight is 305 g/mol. The summed E-state index contributed by atoms with van der Waals surface area (Å²) in [7, 11) is -2.16. The third kappa shape index (κ3) is 3.90. The van der Waals surface area contributed by atoms with Gasteiger partial charge in [0.15, 0.2) is 5.78 Å². The fourth-order valence-electron chi connectivity index (χ4n) is 1.86. The Morgan fingerprint density at radius 1 is 1.05 bits per heavy atom. The second-order valence-electron chi connectivity index (χ2n) is 4.52. The molecule has 0 saturated carbocycles. The van der Waals surface area contributed by atoms with E-state index in [1.807, 2.05) is 12.1 Å². The van der Waals surface area contributed by atoms with Gasteiger partial charge in [0.25, 0.3) is 0 Å². The molecule has 0 radical (unpaired) electrons. The summed E-state index contributed by atoms with van der Waals surface area (Å²) < 4.78 is 27.3. The minimum atomic E-state index is -3.74. The van der Waals surface area contributed by atoms with Gasteiger partial charge in [0.2, 0.25) is 10.0 Å². The van der Waals surface area contributed by atoms with Gasteiger partial charge in [-0.2, -0.15) is 0 Å².